The average molecular weight is 600 g/mol. The molecule has 0 saturated heterocycles. The zero-order valence-electron chi connectivity index (χ0n) is 19.9. The Kier molecular flexibility index (Phi) is 9.58. The van der Waals surface area contributed by atoms with Crippen molar-refractivity contribution in [3.8, 4) is 5.75 Å². The summed E-state index contributed by atoms with van der Waals surface area (Å²) in [6.45, 7) is 0.910. The Balaban J connectivity index is 1.25. The van der Waals surface area contributed by atoms with E-state index >= 15 is 0 Å². The summed E-state index contributed by atoms with van der Waals surface area (Å²) in [5.41, 5.74) is 5.29. The van der Waals surface area contributed by atoms with Crippen molar-refractivity contribution < 1.29 is 9.53 Å². The van der Waals surface area contributed by atoms with Crippen molar-refractivity contribution in [1.29, 1.82) is 0 Å². The number of para-hydroxylation sites is 1. The highest BCUT2D eigenvalue weighted by Crippen LogP contribution is 2.20. The number of carbonyl (C=O) groups excluding carboxylic acids is 1. The molecule has 0 radical (unpaired) electrons. The van der Waals surface area contributed by atoms with E-state index in [1.165, 1.54) is 11.8 Å². The number of carbonyl (C=O) groups is 1. The molecule has 0 aliphatic rings. The second-order valence-corrected chi connectivity index (χ2v) is 10.2. The first-order valence-electron chi connectivity index (χ1n) is 11.3. The summed E-state index contributed by atoms with van der Waals surface area (Å²) >= 11 is 10.7. The van der Waals surface area contributed by atoms with E-state index in [9.17, 15) is 4.79 Å². The van der Waals surface area contributed by atoms with Crippen molar-refractivity contribution in [2.45, 2.75) is 18.3 Å². The minimum atomic E-state index is -0.252. The summed E-state index contributed by atoms with van der Waals surface area (Å²) in [7, 11) is 1.86. The monoisotopic (exact) mass is 598 g/mol. The third-order valence-electron chi connectivity index (χ3n) is 5.15. The first-order chi connectivity index (χ1) is 18.0. The molecule has 190 valence electrons. The zero-order chi connectivity index (χ0) is 26.0. The van der Waals surface area contributed by atoms with Gasteiger partial charge in [-0.25, -0.2) is 5.43 Å². The number of thioether (sulfide) groups is 1. The van der Waals surface area contributed by atoms with Gasteiger partial charge < -0.3 is 14.6 Å². The molecule has 37 heavy (non-hydrogen) atoms. The highest BCUT2D eigenvalue weighted by molar-refractivity contribution is 9.10. The summed E-state index contributed by atoms with van der Waals surface area (Å²) in [6.07, 6.45) is 1.57. The van der Waals surface area contributed by atoms with Crippen molar-refractivity contribution in [3.63, 3.8) is 0 Å². The Morgan fingerprint density at radius 1 is 1.14 bits per heavy atom. The number of halogens is 2. The van der Waals surface area contributed by atoms with Crippen LogP contribution in [0.5, 0.6) is 5.75 Å². The van der Waals surface area contributed by atoms with E-state index in [-0.39, 0.29) is 11.7 Å². The molecule has 0 aliphatic heterocycles. The fourth-order valence-electron chi connectivity index (χ4n) is 3.22. The zero-order valence-corrected chi connectivity index (χ0v) is 23.1. The van der Waals surface area contributed by atoms with Gasteiger partial charge >= 0.3 is 0 Å². The van der Waals surface area contributed by atoms with E-state index in [1.54, 1.807) is 6.21 Å². The van der Waals surface area contributed by atoms with Gasteiger partial charge in [0.1, 0.15) is 12.4 Å². The second kappa shape index (κ2) is 13.3. The fraction of sp³-hybridized carbons (Fsp3) is 0.154. The Morgan fingerprint density at radius 3 is 2.76 bits per heavy atom. The third kappa shape index (κ3) is 8.08. The molecule has 8 nitrogen and oxygen atoms in total. The van der Waals surface area contributed by atoms with Crippen molar-refractivity contribution in [3.05, 3.63) is 99.2 Å². The van der Waals surface area contributed by atoms with E-state index < -0.39 is 0 Å². The van der Waals surface area contributed by atoms with Crippen molar-refractivity contribution in [2.75, 3.05) is 11.1 Å². The molecule has 1 heterocycles. The normalized spacial score (nSPS) is 11.0. The highest BCUT2D eigenvalue weighted by atomic mass is 79.9. The molecule has 0 atom stereocenters. The number of ether oxygens (including phenoxy) is 1. The predicted molar refractivity (Wildman–Crippen MR) is 151 cm³/mol. The molecule has 2 N–H and O–H groups in total. The Bertz CT molecular complexity index is 1380. The maximum Gasteiger partial charge on any atom is 0.250 e. The largest absolute Gasteiger partial charge is 0.488 e. The molecule has 3 aromatic carbocycles. The molecule has 1 aromatic heterocycles. The van der Waals surface area contributed by atoms with E-state index in [1.807, 2.05) is 84.4 Å². The minimum absolute atomic E-state index is 0.148. The number of rotatable bonds is 11. The van der Waals surface area contributed by atoms with E-state index in [4.69, 9.17) is 16.3 Å². The molecular weight excluding hydrogens is 576 g/mol. The van der Waals surface area contributed by atoms with Gasteiger partial charge in [-0.05, 0) is 54.1 Å². The van der Waals surface area contributed by atoms with E-state index in [0.29, 0.717) is 29.1 Å². The van der Waals surface area contributed by atoms with Gasteiger partial charge in [0.25, 0.3) is 5.91 Å². The Hall–Kier alpha value is -3.34. The number of anilines is 1. The molecule has 0 spiro atoms. The number of nitrogens with one attached hydrogen (secondary N) is 2. The minimum Gasteiger partial charge on any atom is -0.488 e. The average Bonchev–Trinajstić information content (AvgIpc) is 3.25. The molecule has 1 amide bonds. The van der Waals surface area contributed by atoms with Crippen LogP contribution in [0.25, 0.3) is 0 Å². The molecule has 0 fully saturated rings. The van der Waals surface area contributed by atoms with Crippen LogP contribution in [0.2, 0.25) is 5.02 Å². The molecule has 4 rings (SSSR count). The molecule has 0 bridgehead atoms. The van der Waals surface area contributed by atoms with Crippen LogP contribution in [0.15, 0.2) is 87.5 Å². The number of nitrogens with zero attached hydrogens (tertiary/aromatic N) is 4. The van der Waals surface area contributed by atoms with Gasteiger partial charge in [-0.1, -0.05) is 63.6 Å². The second-order valence-electron chi connectivity index (χ2n) is 7.86. The first-order valence-corrected chi connectivity index (χ1v) is 13.4. The van der Waals surface area contributed by atoms with Crippen LogP contribution in [-0.2, 0) is 25.0 Å². The maximum atomic E-state index is 12.3. The van der Waals surface area contributed by atoms with Crippen LogP contribution in [0.1, 0.15) is 17.0 Å². The summed E-state index contributed by atoms with van der Waals surface area (Å²) in [4.78, 5) is 12.3. The Morgan fingerprint density at radius 2 is 1.95 bits per heavy atom. The molecule has 11 heteroatoms. The smallest absolute Gasteiger partial charge is 0.250 e. The third-order valence-corrected chi connectivity index (χ3v) is 6.91. The first kappa shape index (κ1) is 26.7. The van der Waals surface area contributed by atoms with Crippen LogP contribution < -0.4 is 15.5 Å². The number of hydrogen-bond acceptors (Lipinski definition) is 7. The maximum absolute atomic E-state index is 12.3. The highest BCUT2D eigenvalue weighted by Gasteiger charge is 2.11. The summed E-state index contributed by atoms with van der Waals surface area (Å²) in [6, 6.07) is 22.9. The number of aromatic nitrogens is 3. The van der Waals surface area contributed by atoms with Gasteiger partial charge in [0.2, 0.25) is 0 Å². The Labute approximate surface area is 232 Å². The fourth-order valence-corrected chi connectivity index (χ4v) is 4.51. The van der Waals surface area contributed by atoms with Gasteiger partial charge in [0, 0.05) is 27.8 Å². The number of amides is 1. The molecular formula is C26H24BrClN6O2S. The van der Waals surface area contributed by atoms with Gasteiger partial charge in [-0.15, -0.1) is 10.2 Å². The van der Waals surface area contributed by atoms with E-state index in [2.05, 4.69) is 42.0 Å². The lowest BCUT2D eigenvalue weighted by Crippen LogP contribution is -2.20. The molecule has 4 aromatic rings. The molecule has 0 saturated carbocycles. The van der Waals surface area contributed by atoms with Crippen LogP contribution in [0, 0.1) is 0 Å². The number of hydrogen-bond donors (Lipinski definition) is 2. The van der Waals surface area contributed by atoms with Crippen molar-refractivity contribution in [1.82, 2.24) is 20.2 Å². The lowest BCUT2D eigenvalue weighted by atomic mass is 10.2. The van der Waals surface area contributed by atoms with Gasteiger partial charge in [-0.3, -0.25) is 4.79 Å². The van der Waals surface area contributed by atoms with Crippen LogP contribution in [-0.4, -0.2) is 32.6 Å². The molecule has 0 aliphatic carbocycles. The lowest BCUT2D eigenvalue weighted by Gasteiger charge is -2.09. The summed E-state index contributed by atoms with van der Waals surface area (Å²) in [5, 5.41) is 17.1. The van der Waals surface area contributed by atoms with Gasteiger partial charge in [0.05, 0.1) is 18.5 Å². The number of hydrazone groups is 1. The number of benzene rings is 3. The predicted octanol–water partition coefficient (Wildman–Crippen LogP) is 5.66. The van der Waals surface area contributed by atoms with E-state index in [0.717, 1.165) is 27.1 Å². The SMILES string of the molecule is Cn1c(CNc2ccc(Cl)cc2)nnc1SCC(=O)NN=Cc1ccccc1OCc1cccc(Br)c1. The standard InChI is InChI=1S/C26H24BrClN6O2S/c1-34-24(15-29-22-11-9-21(28)10-12-22)31-33-26(34)37-17-25(35)32-30-14-19-6-2-3-8-23(19)36-16-18-5-4-7-20(27)13-18/h2-14,29H,15-17H2,1H3,(H,32,35). The van der Waals surface area contributed by atoms with Gasteiger partial charge in [0.15, 0.2) is 11.0 Å². The lowest BCUT2D eigenvalue weighted by molar-refractivity contribution is -0.118. The topological polar surface area (TPSA) is 93.4 Å². The summed E-state index contributed by atoms with van der Waals surface area (Å²) < 4.78 is 8.80. The van der Waals surface area contributed by atoms with Crippen molar-refractivity contribution in [2.24, 2.45) is 12.1 Å². The molecule has 0 unspecified atom stereocenters. The van der Waals surface area contributed by atoms with Crippen molar-refractivity contribution >= 4 is 57.1 Å². The van der Waals surface area contributed by atoms with Crippen LogP contribution in [0.3, 0.4) is 0 Å². The van der Waals surface area contributed by atoms with Crippen LogP contribution in [0.4, 0.5) is 5.69 Å². The quantitative estimate of drug-likeness (QED) is 0.131. The van der Waals surface area contributed by atoms with Crippen LogP contribution >= 0.6 is 39.3 Å². The summed E-state index contributed by atoms with van der Waals surface area (Å²) in [5.74, 6) is 1.32. The van der Waals surface area contributed by atoms with Gasteiger partial charge in [-0.2, -0.15) is 5.10 Å².